The van der Waals surface area contributed by atoms with Crippen molar-refractivity contribution < 1.29 is 32.3 Å². The van der Waals surface area contributed by atoms with Crippen LogP contribution in [0.3, 0.4) is 0 Å². The van der Waals surface area contributed by atoms with E-state index in [1.165, 1.54) is 11.4 Å². The van der Waals surface area contributed by atoms with E-state index in [1.807, 2.05) is 5.32 Å². The van der Waals surface area contributed by atoms with Gasteiger partial charge in [0.2, 0.25) is 0 Å². The maximum absolute atomic E-state index is 12.6. The minimum atomic E-state index is -4.43. The Morgan fingerprint density at radius 1 is 1.40 bits per heavy atom. The molecule has 1 aromatic heterocycles. The van der Waals surface area contributed by atoms with Gasteiger partial charge in [0.1, 0.15) is 16.4 Å². The van der Waals surface area contributed by atoms with Crippen molar-refractivity contribution in [2.75, 3.05) is 17.7 Å². The van der Waals surface area contributed by atoms with E-state index in [2.05, 4.69) is 15.4 Å². The van der Waals surface area contributed by atoms with E-state index in [0.717, 1.165) is 23.1 Å². The molecule has 0 saturated carbocycles. The zero-order valence-corrected chi connectivity index (χ0v) is 14.4. The van der Waals surface area contributed by atoms with Crippen molar-refractivity contribution in [2.24, 2.45) is 0 Å². The Balaban J connectivity index is 1.98. The third kappa shape index (κ3) is 5.09. The van der Waals surface area contributed by atoms with Gasteiger partial charge in [0.15, 0.2) is 0 Å². The summed E-state index contributed by atoms with van der Waals surface area (Å²) in [4.78, 5) is 35.3. The summed E-state index contributed by atoms with van der Waals surface area (Å²) in [5.74, 6) is -1.76. The second kappa shape index (κ2) is 8.06. The molecule has 0 bridgehead atoms. The largest absolute Gasteiger partial charge is 0.450 e. The minimum absolute atomic E-state index is 0.0155. The number of amides is 3. The summed E-state index contributed by atoms with van der Waals surface area (Å²) in [6.45, 7) is 1.65. The Morgan fingerprint density at radius 3 is 2.72 bits per heavy atom. The Hall–Kier alpha value is -1.79. The van der Waals surface area contributed by atoms with Crippen molar-refractivity contribution in [3.05, 3.63) is 17.0 Å². The first-order valence-electron chi connectivity index (χ1n) is 7.03. The van der Waals surface area contributed by atoms with Gasteiger partial charge in [0.05, 0.1) is 12.2 Å². The lowest BCUT2D eigenvalue weighted by molar-refractivity contribution is -0.149. The number of imide groups is 1. The van der Waals surface area contributed by atoms with Gasteiger partial charge in [-0.25, -0.2) is 4.79 Å². The van der Waals surface area contributed by atoms with Crippen molar-refractivity contribution >= 4 is 46.0 Å². The molecule has 1 saturated heterocycles. The van der Waals surface area contributed by atoms with E-state index in [0.29, 0.717) is 0 Å². The first-order chi connectivity index (χ1) is 11.7. The Kier molecular flexibility index (Phi) is 6.30. The maximum Gasteiger partial charge on any atom is 0.414 e. The molecule has 12 heteroatoms. The van der Waals surface area contributed by atoms with Crippen LogP contribution in [0.1, 0.15) is 17.3 Å². The molecule has 0 spiro atoms. The highest BCUT2D eigenvalue weighted by Gasteiger charge is 2.46. The maximum atomic E-state index is 12.6. The Morgan fingerprint density at radius 2 is 2.12 bits per heavy atom. The fourth-order valence-corrected chi connectivity index (χ4v) is 3.83. The molecule has 25 heavy (non-hydrogen) atoms. The molecule has 0 aliphatic carbocycles. The standard InChI is InChI=1S/C13H14F3N3O4S2/c1-2-23-12(22)19-8(20)6-3-4-24-10(6)18-9(21)11-17-7(5-25-11)13(14,15)16/h3-4,7,11,17H,2,5H2,1H3,(H,18,21)(H,19,20,22). The Labute approximate surface area is 148 Å². The number of alkyl carbamates (subject to hydrolysis) is 1. The van der Waals surface area contributed by atoms with Gasteiger partial charge in [-0.05, 0) is 18.4 Å². The lowest BCUT2D eigenvalue weighted by Gasteiger charge is -2.15. The molecule has 2 heterocycles. The zero-order valence-electron chi connectivity index (χ0n) is 12.8. The Bertz CT molecular complexity index is 665. The molecule has 1 aromatic rings. The average molecular weight is 397 g/mol. The first kappa shape index (κ1) is 19.5. The van der Waals surface area contributed by atoms with Crippen LogP contribution in [0.15, 0.2) is 11.4 Å². The van der Waals surface area contributed by atoms with E-state index < -0.39 is 35.5 Å². The summed E-state index contributed by atoms with van der Waals surface area (Å²) >= 11 is 1.83. The second-order valence-electron chi connectivity index (χ2n) is 4.80. The smallest absolute Gasteiger partial charge is 0.414 e. The predicted molar refractivity (Wildman–Crippen MR) is 86.7 cm³/mol. The van der Waals surface area contributed by atoms with Crippen LogP contribution in [0, 0.1) is 0 Å². The third-order valence-electron chi connectivity index (χ3n) is 3.05. The molecular formula is C13H14F3N3O4S2. The number of carbonyl (C=O) groups excluding carboxylic acids is 3. The summed E-state index contributed by atoms with van der Waals surface area (Å²) < 4.78 is 42.5. The van der Waals surface area contributed by atoms with Crippen LogP contribution in [-0.2, 0) is 9.53 Å². The fourth-order valence-electron chi connectivity index (χ4n) is 1.90. The number of thioether (sulfide) groups is 1. The number of rotatable bonds is 4. The van der Waals surface area contributed by atoms with Gasteiger partial charge < -0.3 is 10.1 Å². The van der Waals surface area contributed by atoms with E-state index in [1.54, 1.807) is 6.92 Å². The van der Waals surface area contributed by atoms with Crippen LogP contribution in [0.5, 0.6) is 0 Å². The fraction of sp³-hybridized carbons (Fsp3) is 0.462. The number of ether oxygens (including phenoxy) is 1. The quantitative estimate of drug-likeness (QED) is 0.721. The number of thiophene rings is 1. The summed E-state index contributed by atoms with van der Waals surface area (Å²) in [7, 11) is 0. The molecule has 2 atom stereocenters. The minimum Gasteiger partial charge on any atom is -0.450 e. The molecule has 7 nitrogen and oxygen atoms in total. The molecule has 0 radical (unpaired) electrons. The number of nitrogens with one attached hydrogen (secondary N) is 3. The van der Waals surface area contributed by atoms with E-state index in [4.69, 9.17) is 0 Å². The van der Waals surface area contributed by atoms with Crippen LogP contribution in [0.2, 0.25) is 0 Å². The highest BCUT2D eigenvalue weighted by molar-refractivity contribution is 8.00. The van der Waals surface area contributed by atoms with Gasteiger partial charge >= 0.3 is 12.3 Å². The van der Waals surface area contributed by atoms with Gasteiger partial charge in [-0.3, -0.25) is 20.2 Å². The van der Waals surface area contributed by atoms with Crippen LogP contribution in [0.4, 0.5) is 23.0 Å². The summed E-state index contributed by atoms with van der Waals surface area (Å²) in [5, 5.41) is 7.13. The van der Waals surface area contributed by atoms with Crippen LogP contribution in [0.25, 0.3) is 0 Å². The number of carbonyl (C=O) groups is 3. The van der Waals surface area contributed by atoms with Crippen molar-refractivity contribution in [3.8, 4) is 0 Å². The normalized spacial score (nSPS) is 20.2. The van der Waals surface area contributed by atoms with Crippen molar-refractivity contribution in [1.29, 1.82) is 0 Å². The number of hydrogen-bond donors (Lipinski definition) is 3. The molecular weight excluding hydrogens is 383 g/mol. The molecule has 138 valence electrons. The molecule has 1 aliphatic rings. The molecule has 0 aromatic carbocycles. The molecule has 3 amide bonds. The molecule has 2 rings (SSSR count). The van der Waals surface area contributed by atoms with Gasteiger partial charge in [0, 0.05) is 5.75 Å². The van der Waals surface area contributed by atoms with E-state index in [9.17, 15) is 27.6 Å². The SMILES string of the molecule is CCOC(=O)NC(=O)c1ccsc1NC(=O)C1NC(C(F)(F)F)CS1. The van der Waals surface area contributed by atoms with Gasteiger partial charge in [0.25, 0.3) is 11.8 Å². The van der Waals surface area contributed by atoms with Crippen molar-refractivity contribution in [3.63, 3.8) is 0 Å². The third-order valence-corrected chi connectivity index (χ3v) is 5.09. The van der Waals surface area contributed by atoms with E-state index in [-0.39, 0.29) is 22.9 Å². The summed E-state index contributed by atoms with van der Waals surface area (Å²) in [6.07, 6.45) is -5.37. The number of halogens is 3. The lowest BCUT2D eigenvalue weighted by atomic mass is 10.3. The highest BCUT2D eigenvalue weighted by Crippen LogP contribution is 2.31. The summed E-state index contributed by atoms with van der Waals surface area (Å²) in [5.41, 5.74) is 0.0155. The predicted octanol–water partition coefficient (Wildman–Crippen LogP) is 2.17. The van der Waals surface area contributed by atoms with Gasteiger partial charge in [-0.15, -0.1) is 23.1 Å². The molecule has 2 unspecified atom stereocenters. The topological polar surface area (TPSA) is 96.5 Å². The number of hydrogen-bond acceptors (Lipinski definition) is 7. The monoisotopic (exact) mass is 397 g/mol. The van der Waals surface area contributed by atoms with E-state index >= 15 is 0 Å². The molecule has 1 aliphatic heterocycles. The second-order valence-corrected chi connectivity index (χ2v) is 6.86. The summed E-state index contributed by atoms with van der Waals surface area (Å²) in [6, 6.07) is -0.383. The van der Waals surface area contributed by atoms with Crippen LogP contribution >= 0.6 is 23.1 Å². The lowest BCUT2D eigenvalue weighted by Crippen LogP contribution is -2.45. The van der Waals surface area contributed by atoms with Crippen LogP contribution in [-0.4, -0.2) is 47.9 Å². The van der Waals surface area contributed by atoms with Crippen LogP contribution < -0.4 is 16.0 Å². The van der Waals surface area contributed by atoms with Gasteiger partial charge in [-0.2, -0.15) is 13.2 Å². The number of anilines is 1. The highest BCUT2D eigenvalue weighted by atomic mass is 32.2. The average Bonchev–Trinajstić information content (AvgIpc) is 3.15. The molecule has 3 N–H and O–H groups in total. The van der Waals surface area contributed by atoms with Crippen molar-refractivity contribution in [1.82, 2.24) is 10.6 Å². The molecule has 1 fully saturated rings. The van der Waals surface area contributed by atoms with Crippen molar-refractivity contribution in [2.45, 2.75) is 24.5 Å². The van der Waals surface area contributed by atoms with Gasteiger partial charge in [-0.1, -0.05) is 0 Å². The number of alkyl halides is 3. The first-order valence-corrected chi connectivity index (χ1v) is 8.96. The zero-order chi connectivity index (χ0) is 18.6.